The predicted octanol–water partition coefficient (Wildman–Crippen LogP) is 1.97. The number of rotatable bonds is 2. The van der Waals surface area contributed by atoms with E-state index in [-0.39, 0.29) is 18.4 Å². The number of hydrogen-bond acceptors (Lipinski definition) is 2. The van der Waals surface area contributed by atoms with E-state index in [9.17, 15) is 0 Å². The molecule has 82 valence electrons. The summed E-state index contributed by atoms with van der Waals surface area (Å²) in [5.74, 6) is -0.198. The van der Waals surface area contributed by atoms with Gasteiger partial charge in [0.25, 0.3) is 0 Å². The smallest absolute Gasteiger partial charge is 0.206 e. The molecule has 15 heavy (non-hydrogen) atoms. The van der Waals surface area contributed by atoms with Crippen LogP contribution in [0.2, 0.25) is 5.02 Å². The molecule has 0 spiro atoms. The molecule has 0 saturated heterocycles. The van der Waals surface area contributed by atoms with Gasteiger partial charge < -0.3 is 5.73 Å². The minimum Gasteiger partial charge on any atom is -0.369 e. The van der Waals surface area contributed by atoms with E-state index in [2.05, 4.69) is 10.5 Å². The average molecular weight is 247 g/mol. The lowest BCUT2D eigenvalue weighted by Gasteiger charge is -2.03. The van der Waals surface area contributed by atoms with Crippen molar-refractivity contribution in [3.63, 3.8) is 0 Å². The fraction of sp³-hybridized carbons (Fsp3) is 0.111. The van der Waals surface area contributed by atoms with E-state index in [4.69, 9.17) is 22.7 Å². The van der Waals surface area contributed by atoms with E-state index in [1.54, 1.807) is 13.0 Å². The number of halogens is 2. The Morgan fingerprint density at radius 3 is 2.60 bits per heavy atom. The molecule has 0 aliphatic rings. The van der Waals surface area contributed by atoms with Crippen molar-refractivity contribution in [2.45, 2.75) is 6.92 Å². The Morgan fingerprint density at radius 2 is 2.07 bits per heavy atom. The fourth-order valence-electron chi connectivity index (χ4n) is 0.959. The molecular weight excluding hydrogens is 235 g/mol. The Labute approximate surface area is 99.4 Å². The summed E-state index contributed by atoms with van der Waals surface area (Å²) in [5.41, 5.74) is 8.96. The van der Waals surface area contributed by atoms with E-state index in [0.717, 1.165) is 5.56 Å². The highest BCUT2D eigenvalue weighted by Gasteiger charge is 2.01. The molecule has 0 aliphatic heterocycles. The molecule has 0 saturated carbocycles. The summed E-state index contributed by atoms with van der Waals surface area (Å²) in [6, 6.07) is 7.35. The monoisotopic (exact) mass is 246 g/mol. The number of guanidine groups is 1. The molecule has 0 atom stereocenters. The number of nitrogens with zero attached hydrogens (tertiary/aromatic N) is 1. The molecule has 1 rings (SSSR count). The molecule has 0 aliphatic carbocycles. The van der Waals surface area contributed by atoms with Crippen LogP contribution in [0.3, 0.4) is 0 Å². The average Bonchev–Trinajstić information content (AvgIpc) is 2.15. The van der Waals surface area contributed by atoms with E-state index in [1.165, 1.54) is 0 Å². The number of nitrogens with one attached hydrogen (secondary N) is 2. The lowest BCUT2D eigenvalue weighted by atomic mass is 10.1. The summed E-state index contributed by atoms with van der Waals surface area (Å²) in [5, 5.41) is 11.4. The zero-order valence-corrected chi connectivity index (χ0v) is 9.69. The number of hydrogen-bond donors (Lipinski definition) is 3. The lowest BCUT2D eigenvalue weighted by Crippen LogP contribution is -2.26. The lowest BCUT2D eigenvalue weighted by molar-refractivity contribution is 0.992. The molecule has 1 aromatic carbocycles. The highest BCUT2D eigenvalue weighted by atomic mass is 35.5. The van der Waals surface area contributed by atoms with Crippen LogP contribution in [0.4, 0.5) is 0 Å². The Kier molecular flexibility index (Phi) is 5.74. The van der Waals surface area contributed by atoms with Crippen LogP contribution < -0.4 is 11.2 Å². The van der Waals surface area contributed by atoms with Gasteiger partial charge in [-0.05, 0) is 13.0 Å². The van der Waals surface area contributed by atoms with Crippen molar-refractivity contribution in [3.8, 4) is 0 Å². The minimum atomic E-state index is -0.198. The van der Waals surface area contributed by atoms with Crippen LogP contribution in [0.5, 0.6) is 0 Å². The van der Waals surface area contributed by atoms with Gasteiger partial charge in [0.1, 0.15) is 0 Å². The molecule has 0 amide bonds. The number of hydrazone groups is 1. The first kappa shape index (κ1) is 13.7. The first-order valence-electron chi connectivity index (χ1n) is 4.00. The van der Waals surface area contributed by atoms with E-state index in [0.29, 0.717) is 10.7 Å². The first-order valence-corrected chi connectivity index (χ1v) is 4.38. The molecule has 0 unspecified atom stereocenters. The van der Waals surface area contributed by atoms with Gasteiger partial charge in [0.2, 0.25) is 5.96 Å². The molecule has 0 bridgehead atoms. The Morgan fingerprint density at radius 1 is 1.47 bits per heavy atom. The molecule has 0 fully saturated rings. The third kappa shape index (κ3) is 4.18. The molecule has 0 heterocycles. The standard InChI is InChI=1S/C9H11ClN4.ClH/c1-6(13-14-9(11)12)7-4-2-3-5-8(7)10;/h2-5H,1H3,(H4,11,12,14);1H. The zero-order valence-electron chi connectivity index (χ0n) is 8.12. The fourth-order valence-corrected chi connectivity index (χ4v) is 1.23. The second kappa shape index (κ2) is 6.27. The van der Waals surface area contributed by atoms with Gasteiger partial charge >= 0.3 is 0 Å². The van der Waals surface area contributed by atoms with Crippen LogP contribution in [0.15, 0.2) is 29.4 Å². The van der Waals surface area contributed by atoms with Crippen molar-refractivity contribution in [3.05, 3.63) is 34.9 Å². The van der Waals surface area contributed by atoms with Gasteiger partial charge in [-0.1, -0.05) is 29.8 Å². The first-order chi connectivity index (χ1) is 6.61. The van der Waals surface area contributed by atoms with Crippen LogP contribution in [0.1, 0.15) is 12.5 Å². The van der Waals surface area contributed by atoms with Crippen LogP contribution in [-0.4, -0.2) is 11.7 Å². The largest absolute Gasteiger partial charge is 0.369 e. The summed E-state index contributed by atoms with van der Waals surface area (Å²) < 4.78 is 0. The summed E-state index contributed by atoms with van der Waals surface area (Å²) in [6.07, 6.45) is 0. The second-order valence-corrected chi connectivity index (χ2v) is 3.11. The zero-order chi connectivity index (χ0) is 10.6. The third-order valence-corrected chi connectivity index (χ3v) is 1.94. The van der Waals surface area contributed by atoms with Crippen LogP contribution >= 0.6 is 24.0 Å². The van der Waals surface area contributed by atoms with Gasteiger partial charge in [0.15, 0.2) is 0 Å². The summed E-state index contributed by atoms with van der Waals surface area (Å²) in [7, 11) is 0. The Hall–Kier alpha value is -1.26. The predicted molar refractivity (Wildman–Crippen MR) is 66.0 cm³/mol. The van der Waals surface area contributed by atoms with Crippen LogP contribution in [0, 0.1) is 5.41 Å². The van der Waals surface area contributed by atoms with Gasteiger partial charge in [-0.3, -0.25) is 5.41 Å². The number of nitrogens with two attached hydrogens (primary N) is 1. The van der Waals surface area contributed by atoms with Gasteiger partial charge in [0.05, 0.1) is 5.71 Å². The second-order valence-electron chi connectivity index (χ2n) is 2.70. The van der Waals surface area contributed by atoms with Gasteiger partial charge in [-0.25, -0.2) is 5.43 Å². The molecular formula is C9H12Cl2N4. The highest BCUT2D eigenvalue weighted by molar-refractivity contribution is 6.34. The van der Waals surface area contributed by atoms with E-state index in [1.807, 2.05) is 18.2 Å². The van der Waals surface area contributed by atoms with Crippen molar-refractivity contribution in [1.82, 2.24) is 5.43 Å². The molecule has 0 radical (unpaired) electrons. The quantitative estimate of drug-likeness (QED) is 0.424. The topological polar surface area (TPSA) is 74.3 Å². The SMILES string of the molecule is CC(=NNC(=N)N)c1ccccc1Cl.Cl. The van der Waals surface area contributed by atoms with Gasteiger partial charge in [-0.2, -0.15) is 5.10 Å². The minimum absolute atomic E-state index is 0. The van der Waals surface area contributed by atoms with E-state index < -0.39 is 0 Å². The molecule has 1 aromatic rings. The maximum atomic E-state index is 6.93. The van der Waals surface area contributed by atoms with Crippen molar-refractivity contribution in [2.75, 3.05) is 0 Å². The molecule has 4 nitrogen and oxygen atoms in total. The van der Waals surface area contributed by atoms with Crippen molar-refractivity contribution in [2.24, 2.45) is 10.8 Å². The molecule has 4 N–H and O–H groups in total. The maximum Gasteiger partial charge on any atom is 0.206 e. The van der Waals surface area contributed by atoms with Crippen LogP contribution in [-0.2, 0) is 0 Å². The Bertz CT molecular complexity index is 376. The van der Waals surface area contributed by atoms with Crippen molar-refractivity contribution >= 4 is 35.7 Å². The Balaban J connectivity index is 0.00000196. The maximum absolute atomic E-state index is 6.93. The van der Waals surface area contributed by atoms with E-state index >= 15 is 0 Å². The molecule has 0 aromatic heterocycles. The normalized spacial score (nSPS) is 10.4. The summed E-state index contributed by atoms with van der Waals surface area (Å²) in [6.45, 7) is 1.79. The van der Waals surface area contributed by atoms with Gasteiger partial charge in [0, 0.05) is 10.6 Å². The van der Waals surface area contributed by atoms with Gasteiger partial charge in [-0.15, -0.1) is 12.4 Å². The third-order valence-electron chi connectivity index (χ3n) is 1.61. The van der Waals surface area contributed by atoms with Crippen molar-refractivity contribution in [1.29, 1.82) is 5.41 Å². The summed E-state index contributed by atoms with van der Waals surface area (Å²) >= 11 is 5.94. The number of benzene rings is 1. The van der Waals surface area contributed by atoms with Crippen LogP contribution in [0.25, 0.3) is 0 Å². The highest BCUT2D eigenvalue weighted by Crippen LogP contribution is 2.15. The van der Waals surface area contributed by atoms with Crippen molar-refractivity contribution < 1.29 is 0 Å². The molecule has 6 heteroatoms. The summed E-state index contributed by atoms with van der Waals surface area (Å²) in [4.78, 5) is 0.